The molecule has 0 aromatic rings. The van der Waals surface area contributed by atoms with E-state index in [1.165, 1.54) is 0 Å². The number of rotatable bonds is 3. The summed E-state index contributed by atoms with van der Waals surface area (Å²) >= 11 is 0. The maximum atomic E-state index is 9.13. The summed E-state index contributed by atoms with van der Waals surface area (Å²) in [6.45, 7) is 6.19. The number of hydrogen-bond donors (Lipinski definition) is 1. The third-order valence-corrected chi connectivity index (χ3v) is 1.72. The largest absolute Gasteiger partial charge is 0.393 e. The minimum Gasteiger partial charge on any atom is -0.393 e. The van der Waals surface area contributed by atoms with E-state index in [4.69, 9.17) is 5.11 Å². The van der Waals surface area contributed by atoms with Crippen LogP contribution in [0.2, 0.25) is 0 Å². The second kappa shape index (κ2) is 3.90. The first-order chi connectivity index (χ1) is 3.72. The highest BCUT2D eigenvalue weighted by molar-refractivity contribution is 4.59. The molecule has 0 aliphatic carbocycles. The van der Waals surface area contributed by atoms with Crippen LogP contribution in [-0.4, -0.2) is 11.2 Å². The highest BCUT2D eigenvalue weighted by Crippen LogP contribution is 2.09. The molecular weight excluding hydrogens is 100 g/mol. The van der Waals surface area contributed by atoms with Crippen LogP contribution in [0.1, 0.15) is 33.6 Å². The Balaban J connectivity index is 3.29. The van der Waals surface area contributed by atoms with Crippen LogP contribution in [0.25, 0.3) is 0 Å². The van der Waals surface area contributed by atoms with E-state index in [1.807, 2.05) is 6.92 Å². The van der Waals surface area contributed by atoms with Crippen LogP contribution < -0.4 is 0 Å². The molecule has 1 N–H and O–H groups in total. The van der Waals surface area contributed by atoms with Crippen molar-refractivity contribution in [3.8, 4) is 0 Å². The van der Waals surface area contributed by atoms with Gasteiger partial charge in [0.15, 0.2) is 0 Å². The second-order valence-electron chi connectivity index (χ2n) is 2.36. The van der Waals surface area contributed by atoms with Gasteiger partial charge >= 0.3 is 0 Å². The Bertz CT molecular complexity index is 44.3. The van der Waals surface area contributed by atoms with Crippen LogP contribution >= 0.6 is 0 Å². The Labute approximate surface area is 51.7 Å². The van der Waals surface area contributed by atoms with E-state index < -0.39 is 0 Å². The topological polar surface area (TPSA) is 20.2 Å². The van der Waals surface area contributed by atoms with Crippen LogP contribution in [0, 0.1) is 5.92 Å². The molecule has 0 aromatic heterocycles. The van der Waals surface area contributed by atoms with Crippen molar-refractivity contribution in [1.82, 2.24) is 0 Å². The molecule has 0 amide bonds. The van der Waals surface area contributed by atoms with E-state index in [9.17, 15) is 0 Å². The highest BCUT2D eigenvalue weighted by atomic mass is 16.3. The molecule has 0 aliphatic rings. The molecule has 0 heterocycles. The molecule has 0 spiro atoms. The Hall–Kier alpha value is -0.0400. The van der Waals surface area contributed by atoms with Crippen molar-refractivity contribution in [2.75, 3.05) is 0 Å². The fourth-order valence-corrected chi connectivity index (χ4v) is 0.674. The summed E-state index contributed by atoms with van der Waals surface area (Å²) in [5.74, 6) is 0.472. The van der Waals surface area contributed by atoms with E-state index in [0.717, 1.165) is 12.8 Å². The first-order valence-electron chi connectivity index (χ1n) is 3.40. The van der Waals surface area contributed by atoms with Gasteiger partial charge in [0.2, 0.25) is 0 Å². The van der Waals surface area contributed by atoms with Gasteiger partial charge in [0.1, 0.15) is 0 Å². The average molecular weight is 116 g/mol. The van der Waals surface area contributed by atoms with Gasteiger partial charge < -0.3 is 5.11 Å². The number of aliphatic hydroxyl groups is 1. The lowest BCUT2D eigenvalue weighted by molar-refractivity contribution is 0.111. The zero-order chi connectivity index (χ0) is 6.57. The normalized spacial score (nSPS) is 18.0. The monoisotopic (exact) mass is 116 g/mol. The SMILES string of the molecule is CCC(C)[C@H](O)CC. The molecule has 1 unspecified atom stereocenters. The predicted molar refractivity (Wildman–Crippen MR) is 35.8 cm³/mol. The summed E-state index contributed by atoms with van der Waals surface area (Å²) in [5, 5.41) is 9.13. The zero-order valence-corrected chi connectivity index (χ0v) is 6.02. The summed E-state index contributed by atoms with van der Waals surface area (Å²) in [4.78, 5) is 0. The van der Waals surface area contributed by atoms with Crippen molar-refractivity contribution in [1.29, 1.82) is 0 Å². The van der Waals surface area contributed by atoms with Crippen molar-refractivity contribution in [2.24, 2.45) is 5.92 Å². The molecule has 2 atom stereocenters. The van der Waals surface area contributed by atoms with E-state index in [1.54, 1.807) is 0 Å². The molecular formula is C7H16O. The van der Waals surface area contributed by atoms with E-state index in [0.29, 0.717) is 5.92 Å². The second-order valence-corrected chi connectivity index (χ2v) is 2.36. The van der Waals surface area contributed by atoms with E-state index in [-0.39, 0.29) is 6.10 Å². The standard InChI is InChI=1S/C7H16O/c1-4-6(3)7(8)5-2/h6-8H,4-5H2,1-3H3/t6?,7-/m1/s1. The molecule has 50 valence electrons. The van der Waals surface area contributed by atoms with Crippen LogP contribution in [0.3, 0.4) is 0 Å². The smallest absolute Gasteiger partial charge is 0.0563 e. The number of hydrogen-bond acceptors (Lipinski definition) is 1. The fraction of sp³-hybridized carbons (Fsp3) is 1.00. The van der Waals surface area contributed by atoms with Gasteiger partial charge in [0.05, 0.1) is 6.10 Å². The molecule has 1 nitrogen and oxygen atoms in total. The molecule has 0 rings (SSSR count). The van der Waals surface area contributed by atoms with Crippen LogP contribution in [0.4, 0.5) is 0 Å². The first-order valence-corrected chi connectivity index (χ1v) is 3.40. The van der Waals surface area contributed by atoms with Gasteiger partial charge in [-0.25, -0.2) is 0 Å². The molecule has 0 saturated carbocycles. The van der Waals surface area contributed by atoms with Crippen LogP contribution in [0.15, 0.2) is 0 Å². The van der Waals surface area contributed by atoms with Gasteiger partial charge in [-0.05, 0) is 12.3 Å². The van der Waals surface area contributed by atoms with Crippen molar-refractivity contribution in [3.05, 3.63) is 0 Å². The molecule has 0 fully saturated rings. The van der Waals surface area contributed by atoms with Crippen molar-refractivity contribution >= 4 is 0 Å². The van der Waals surface area contributed by atoms with Gasteiger partial charge in [0.25, 0.3) is 0 Å². The minimum absolute atomic E-state index is 0.0833. The Kier molecular flexibility index (Phi) is 3.88. The highest BCUT2D eigenvalue weighted by Gasteiger charge is 2.07. The summed E-state index contributed by atoms with van der Waals surface area (Å²) in [5.41, 5.74) is 0. The zero-order valence-electron chi connectivity index (χ0n) is 6.02. The van der Waals surface area contributed by atoms with Crippen molar-refractivity contribution in [2.45, 2.75) is 39.7 Å². The van der Waals surface area contributed by atoms with Gasteiger partial charge in [0, 0.05) is 0 Å². The van der Waals surface area contributed by atoms with Gasteiger partial charge in [-0.15, -0.1) is 0 Å². The summed E-state index contributed by atoms with van der Waals surface area (Å²) < 4.78 is 0. The first kappa shape index (κ1) is 7.96. The molecule has 0 saturated heterocycles. The Morgan fingerprint density at radius 2 is 1.75 bits per heavy atom. The third kappa shape index (κ3) is 2.31. The van der Waals surface area contributed by atoms with E-state index >= 15 is 0 Å². The van der Waals surface area contributed by atoms with Crippen molar-refractivity contribution < 1.29 is 5.11 Å². The maximum Gasteiger partial charge on any atom is 0.0563 e. The van der Waals surface area contributed by atoms with E-state index in [2.05, 4.69) is 13.8 Å². The molecule has 8 heavy (non-hydrogen) atoms. The van der Waals surface area contributed by atoms with Gasteiger partial charge in [-0.1, -0.05) is 27.2 Å². The van der Waals surface area contributed by atoms with Crippen molar-refractivity contribution in [3.63, 3.8) is 0 Å². The Morgan fingerprint density at radius 3 is 1.88 bits per heavy atom. The average Bonchev–Trinajstić information content (AvgIpc) is 1.84. The minimum atomic E-state index is -0.0833. The Morgan fingerprint density at radius 1 is 1.25 bits per heavy atom. The molecule has 0 radical (unpaired) electrons. The summed E-state index contributed by atoms with van der Waals surface area (Å²) in [6.07, 6.45) is 1.88. The summed E-state index contributed by atoms with van der Waals surface area (Å²) in [7, 11) is 0. The van der Waals surface area contributed by atoms with Crippen LogP contribution in [0.5, 0.6) is 0 Å². The molecule has 1 heteroatoms. The fourth-order valence-electron chi connectivity index (χ4n) is 0.674. The molecule has 0 bridgehead atoms. The maximum absolute atomic E-state index is 9.13. The lowest BCUT2D eigenvalue weighted by Gasteiger charge is -2.13. The van der Waals surface area contributed by atoms with Gasteiger partial charge in [-0.2, -0.15) is 0 Å². The quantitative estimate of drug-likeness (QED) is 0.596. The summed E-state index contributed by atoms with van der Waals surface area (Å²) in [6, 6.07) is 0. The predicted octanol–water partition coefficient (Wildman–Crippen LogP) is 1.80. The third-order valence-electron chi connectivity index (χ3n) is 1.72. The lowest BCUT2D eigenvalue weighted by atomic mass is 10.0. The van der Waals surface area contributed by atoms with Gasteiger partial charge in [-0.3, -0.25) is 0 Å². The molecule has 0 aromatic carbocycles. The van der Waals surface area contributed by atoms with Crippen LogP contribution in [-0.2, 0) is 0 Å². The lowest BCUT2D eigenvalue weighted by Crippen LogP contribution is -2.14. The molecule has 0 aliphatic heterocycles. The number of aliphatic hydroxyl groups excluding tert-OH is 1.